The third-order valence-electron chi connectivity index (χ3n) is 5.65. The van der Waals surface area contributed by atoms with Gasteiger partial charge < -0.3 is 16.0 Å². The van der Waals surface area contributed by atoms with Crippen LogP contribution in [0.15, 0.2) is 40.2 Å². The maximum atomic E-state index is 14.1. The SMILES string of the molecule is CCCn1c(=O)[nH]c(N)c(NC(=O)c2cnn(CC3CC(=O)N(c4ccc(F)cc4F)C3)c2)c1=O. The molecule has 11 nitrogen and oxygen atoms in total. The molecule has 0 spiro atoms. The van der Waals surface area contributed by atoms with Crippen LogP contribution in [0.5, 0.6) is 0 Å². The lowest BCUT2D eigenvalue weighted by molar-refractivity contribution is -0.117. The normalized spacial score (nSPS) is 15.6. The number of H-pyrrole nitrogens is 1. The van der Waals surface area contributed by atoms with E-state index in [1.54, 1.807) is 6.92 Å². The lowest BCUT2D eigenvalue weighted by atomic mass is 10.1. The van der Waals surface area contributed by atoms with Gasteiger partial charge in [-0.2, -0.15) is 5.10 Å². The van der Waals surface area contributed by atoms with E-state index in [9.17, 15) is 28.0 Å². The minimum Gasteiger partial charge on any atom is -0.383 e. The molecule has 35 heavy (non-hydrogen) atoms. The second-order valence-electron chi connectivity index (χ2n) is 8.25. The van der Waals surface area contributed by atoms with Gasteiger partial charge >= 0.3 is 5.69 Å². The van der Waals surface area contributed by atoms with Crippen molar-refractivity contribution in [1.29, 1.82) is 0 Å². The summed E-state index contributed by atoms with van der Waals surface area (Å²) in [5, 5.41) is 6.55. The Balaban J connectivity index is 1.45. The highest BCUT2D eigenvalue weighted by Crippen LogP contribution is 2.28. The van der Waals surface area contributed by atoms with Crippen molar-refractivity contribution in [3.8, 4) is 0 Å². The van der Waals surface area contributed by atoms with Gasteiger partial charge in [-0.3, -0.25) is 28.6 Å². The summed E-state index contributed by atoms with van der Waals surface area (Å²) in [5.74, 6) is -3.00. The van der Waals surface area contributed by atoms with E-state index in [0.717, 1.165) is 16.7 Å². The van der Waals surface area contributed by atoms with Crippen molar-refractivity contribution in [3.05, 3.63) is 68.6 Å². The number of halogens is 2. The Morgan fingerprint density at radius 1 is 1.29 bits per heavy atom. The molecule has 1 unspecified atom stereocenters. The Labute approximate surface area is 197 Å². The van der Waals surface area contributed by atoms with Crippen LogP contribution in [0.1, 0.15) is 30.1 Å². The van der Waals surface area contributed by atoms with Crippen LogP contribution in [-0.4, -0.2) is 37.7 Å². The minimum absolute atomic E-state index is 0.00616. The van der Waals surface area contributed by atoms with E-state index in [4.69, 9.17) is 5.73 Å². The van der Waals surface area contributed by atoms with Gasteiger partial charge in [0, 0.05) is 44.2 Å². The number of carbonyl (C=O) groups is 2. The van der Waals surface area contributed by atoms with Gasteiger partial charge in [0.25, 0.3) is 11.5 Å². The largest absolute Gasteiger partial charge is 0.383 e. The van der Waals surface area contributed by atoms with Crippen molar-refractivity contribution in [2.24, 2.45) is 5.92 Å². The number of nitrogen functional groups attached to an aromatic ring is 1. The van der Waals surface area contributed by atoms with Crippen LogP contribution < -0.4 is 27.2 Å². The highest BCUT2D eigenvalue weighted by molar-refractivity contribution is 6.05. The number of rotatable bonds is 7. The number of hydrogen-bond acceptors (Lipinski definition) is 6. The fourth-order valence-electron chi connectivity index (χ4n) is 4.00. The molecule has 1 atom stereocenters. The molecular weight excluding hydrogens is 464 g/mol. The van der Waals surface area contributed by atoms with E-state index >= 15 is 0 Å². The topological polar surface area (TPSA) is 148 Å². The van der Waals surface area contributed by atoms with Gasteiger partial charge in [-0.1, -0.05) is 6.92 Å². The van der Waals surface area contributed by atoms with Crippen LogP contribution in [0.25, 0.3) is 0 Å². The molecule has 13 heteroatoms. The first-order chi connectivity index (χ1) is 16.7. The highest BCUT2D eigenvalue weighted by atomic mass is 19.1. The van der Waals surface area contributed by atoms with Gasteiger partial charge in [-0.05, 0) is 18.6 Å². The number of hydrogen-bond donors (Lipinski definition) is 3. The number of anilines is 3. The number of nitrogens with zero attached hydrogens (tertiary/aromatic N) is 4. The summed E-state index contributed by atoms with van der Waals surface area (Å²) in [6.45, 7) is 2.42. The molecule has 4 N–H and O–H groups in total. The average molecular weight is 487 g/mol. The lowest BCUT2D eigenvalue weighted by Gasteiger charge is -2.17. The second kappa shape index (κ2) is 9.52. The number of nitrogens with one attached hydrogen (secondary N) is 2. The number of aromatic amines is 1. The number of carbonyl (C=O) groups excluding carboxylic acids is 2. The van der Waals surface area contributed by atoms with Crippen molar-refractivity contribution in [2.75, 3.05) is 22.5 Å². The Hall–Kier alpha value is -4.29. The smallest absolute Gasteiger partial charge is 0.330 e. The molecule has 4 rings (SSSR count). The van der Waals surface area contributed by atoms with E-state index in [0.29, 0.717) is 6.42 Å². The zero-order valence-corrected chi connectivity index (χ0v) is 18.8. The number of aromatic nitrogens is 4. The van der Waals surface area contributed by atoms with E-state index < -0.39 is 28.8 Å². The zero-order valence-electron chi connectivity index (χ0n) is 18.8. The third kappa shape index (κ3) is 4.83. The molecule has 184 valence electrons. The maximum Gasteiger partial charge on any atom is 0.330 e. The fraction of sp³-hybridized carbons (Fsp3) is 0.318. The predicted octanol–water partition coefficient (Wildman–Crippen LogP) is 1.31. The van der Waals surface area contributed by atoms with Crippen molar-refractivity contribution >= 4 is 29.0 Å². The Kier molecular flexibility index (Phi) is 6.49. The Bertz CT molecular complexity index is 1410. The van der Waals surface area contributed by atoms with Crippen molar-refractivity contribution in [3.63, 3.8) is 0 Å². The standard InChI is InChI=1S/C22H23F2N7O4/c1-2-5-30-21(34)18(19(25)28-22(30)35)27-20(33)13-8-26-29(11-13)9-12-6-17(32)31(10-12)16-4-3-14(23)7-15(16)24/h3-4,7-8,11-12H,2,5-6,9-10,25H2,1H3,(H,27,33)(H,28,35). The predicted molar refractivity (Wildman–Crippen MR) is 123 cm³/mol. The molecule has 0 aliphatic carbocycles. The van der Waals surface area contributed by atoms with E-state index in [-0.39, 0.29) is 60.6 Å². The van der Waals surface area contributed by atoms with E-state index in [1.807, 2.05) is 0 Å². The van der Waals surface area contributed by atoms with Crippen LogP contribution in [0.2, 0.25) is 0 Å². The lowest BCUT2D eigenvalue weighted by Crippen LogP contribution is -2.38. The quantitative estimate of drug-likeness (QED) is 0.458. The molecular formula is C22H23F2N7O4. The first kappa shape index (κ1) is 23.9. The summed E-state index contributed by atoms with van der Waals surface area (Å²) >= 11 is 0. The van der Waals surface area contributed by atoms with Crippen molar-refractivity contribution < 1.29 is 18.4 Å². The molecule has 2 aromatic heterocycles. The van der Waals surface area contributed by atoms with Gasteiger partial charge in [0.15, 0.2) is 0 Å². The molecule has 0 saturated carbocycles. The summed E-state index contributed by atoms with van der Waals surface area (Å²) < 4.78 is 29.7. The molecule has 3 heterocycles. The third-order valence-corrected chi connectivity index (χ3v) is 5.65. The minimum atomic E-state index is -0.823. The average Bonchev–Trinajstić information content (AvgIpc) is 3.41. The molecule has 1 aliphatic heterocycles. The summed E-state index contributed by atoms with van der Waals surface area (Å²) in [6.07, 6.45) is 3.38. The second-order valence-corrected chi connectivity index (χ2v) is 8.25. The molecule has 2 amide bonds. The van der Waals surface area contributed by atoms with Gasteiger partial charge in [0.05, 0.1) is 17.4 Å². The zero-order chi connectivity index (χ0) is 25.3. The molecule has 3 aromatic rings. The van der Waals surface area contributed by atoms with Crippen LogP contribution in [0, 0.1) is 17.6 Å². The first-order valence-corrected chi connectivity index (χ1v) is 10.9. The van der Waals surface area contributed by atoms with Crippen molar-refractivity contribution in [2.45, 2.75) is 32.9 Å². The highest BCUT2D eigenvalue weighted by Gasteiger charge is 2.32. The fourth-order valence-corrected chi connectivity index (χ4v) is 4.00. The summed E-state index contributed by atoms with van der Waals surface area (Å²) in [4.78, 5) is 53.2. The number of benzene rings is 1. The first-order valence-electron chi connectivity index (χ1n) is 10.9. The summed E-state index contributed by atoms with van der Waals surface area (Å²) in [6, 6.07) is 3.03. The van der Waals surface area contributed by atoms with Gasteiger partial charge in [0.2, 0.25) is 5.91 Å². The van der Waals surface area contributed by atoms with Crippen LogP contribution in [0.3, 0.4) is 0 Å². The molecule has 0 radical (unpaired) electrons. The summed E-state index contributed by atoms with van der Waals surface area (Å²) in [5.41, 5.74) is 4.24. The van der Waals surface area contributed by atoms with Gasteiger partial charge in [-0.15, -0.1) is 0 Å². The summed E-state index contributed by atoms with van der Waals surface area (Å²) in [7, 11) is 0. The number of amides is 2. The van der Waals surface area contributed by atoms with E-state index in [2.05, 4.69) is 15.4 Å². The van der Waals surface area contributed by atoms with Gasteiger partial charge in [-0.25, -0.2) is 13.6 Å². The molecule has 1 aromatic carbocycles. The van der Waals surface area contributed by atoms with Crippen LogP contribution >= 0.6 is 0 Å². The molecule has 1 aliphatic rings. The van der Waals surface area contributed by atoms with Crippen molar-refractivity contribution in [1.82, 2.24) is 19.3 Å². The molecule has 1 saturated heterocycles. The number of nitrogens with two attached hydrogens (primary N) is 1. The van der Waals surface area contributed by atoms with Crippen LogP contribution in [-0.2, 0) is 17.9 Å². The Morgan fingerprint density at radius 3 is 2.77 bits per heavy atom. The Morgan fingerprint density at radius 2 is 2.06 bits per heavy atom. The van der Waals surface area contributed by atoms with Crippen LogP contribution in [0.4, 0.5) is 26.0 Å². The monoisotopic (exact) mass is 487 g/mol. The molecule has 1 fully saturated rings. The maximum absolute atomic E-state index is 14.1. The van der Waals surface area contributed by atoms with Gasteiger partial charge in [0.1, 0.15) is 23.1 Å². The molecule has 0 bridgehead atoms. The van der Waals surface area contributed by atoms with E-state index in [1.165, 1.54) is 28.0 Å².